The van der Waals surface area contributed by atoms with Crippen LogP contribution >= 0.6 is 0 Å². The SMILES string of the molecule is CCc1nnc2n1C[C@@H](NC(=O)C[C@@H]1C(=O)Nc3ccccc31)CC2. The summed E-state index contributed by atoms with van der Waals surface area (Å²) in [4.78, 5) is 24.7. The first-order valence-electron chi connectivity index (χ1n) is 8.75. The van der Waals surface area contributed by atoms with E-state index in [2.05, 4.69) is 32.3 Å². The highest BCUT2D eigenvalue weighted by atomic mass is 16.2. The van der Waals surface area contributed by atoms with Gasteiger partial charge in [0.15, 0.2) is 0 Å². The van der Waals surface area contributed by atoms with Crippen LogP contribution in [0.1, 0.15) is 42.9 Å². The number of para-hydroxylation sites is 1. The smallest absolute Gasteiger partial charge is 0.232 e. The van der Waals surface area contributed by atoms with Crippen LogP contribution in [0.25, 0.3) is 0 Å². The van der Waals surface area contributed by atoms with Crippen LogP contribution in [0.2, 0.25) is 0 Å². The molecule has 2 aliphatic rings. The molecule has 0 bridgehead atoms. The van der Waals surface area contributed by atoms with Crippen molar-refractivity contribution in [2.45, 2.75) is 51.1 Å². The van der Waals surface area contributed by atoms with Crippen molar-refractivity contribution >= 4 is 17.5 Å². The lowest BCUT2D eigenvalue weighted by molar-refractivity contribution is -0.125. The van der Waals surface area contributed by atoms with Gasteiger partial charge in [0.25, 0.3) is 0 Å². The number of nitrogens with zero attached hydrogens (tertiary/aromatic N) is 3. The molecule has 0 saturated carbocycles. The molecule has 7 heteroatoms. The third-order valence-corrected chi connectivity index (χ3v) is 5.00. The van der Waals surface area contributed by atoms with Crippen molar-refractivity contribution < 1.29 is 9.59 Å². The molecule has 2 amide bonds. The summed E-state index contributed by atoms with van der Waals surface area (Å²) in [6.45, 7) is 2.75. The van der Waals surface area contributed by atoms with Gasteiger partial charge < -0.3 is 15.2 Å². The molecule has 0 aliphatic carbocycles. The van der Waals surface area contributed by atoms with E-state index in [0.29, 0.717) is 6.54 Å². The van der Waals surface area contributed by atoms with Gasteiger partial charge in [0.2, 0.25) is 11.8 Å². The predicted molar refractivity (Wildman–Crippen MR) is 92.1 cm³/mol. The van der Waals surface area contributed by atoms with Gasteiger partial charge in [-0.05, 0) is 18.1 Å². The van der Waals surface area contributed by atoms with E-state index in [-0.39, 0.29) is 24.3 Å². The molecule has 4 rings (SSSR count). The van der Waals surface area contributed by atoms with E-state index in [9.17, 15) is 9.59 Å². The van der Waals surface area contributed by atoms with Crippen LogP contribution in [0.3, 0.4) is 0 Å². The van der Waals surface area contributed by atoms with E-state index in [1.165, 1.54) is 0 Å². The van der Waals surface area contributed by atoms with E-state index in [1.807, 2.05) is 24.3 Å². The van der Waals surface area contributed by atoms with E-state index in [1.54, 1.807) is 0 Å². The Kier molecular flexibility index (Phi) is 3.99. The number of benzene rings is 1. The Labute approximate surface area is 145 Å². The quantitative estimate of drug-likeness (QED) is 0.881. The molecule has 0 radical (unpaired) electrons. The molecule has 130 valence electrons. The van der Waals surface area contributed by atoms with E-state index >= 15 is 0 Å². The number of nitrogens with one attached hydrogen (secondary N) is 2. The summed E-state index contributed by atoms with van der Waals surface area (Å²) in [5, 5.41) is 14.3. The van der Waals surface area contributed by atoms with E-state index < -0.39 is 5.92 Å². The van der Waals surface area contributed by atoms with Gasteiger partial charge in [-0.15, -0.1) is 10.2 Å². The van der Waals surface area contributed by atoms with Crippen molar-refractivity contribution in [2.24, 2.45) is 0 Å². The van der Waals surface area contributed by atoms with Gasteiger partial charge in [0, 0.05) is 37.5 Å². The lowest BCUT2D eigenvalue weighted by atomic mass is 9.96. The number of hydrogen-bond donors (Lipinski definition) is 2. The Morgan fingerprint density at radius 3 is 3.04 bits per heavy atom. The average molecular weight is 339 g/mol. The molecule has 3 heterocycles. The van der Waals surface area contributed by atoms with Crippen molar-refractivity contribution in [1.82, 2.24) is 20.1 Å². The molecule has 1 aromatic heterocycles. The fraction of sp³-hybridized carbons (Fsp3) is 0.444. The van der Waals surface area contributed by atoms with Crippen molar-refractivity contribution in [2.75, 3.05) is 5.32 Å². The number of fused-ring (bicyclic) bond motifs is 2. The number of carbonyl (C=O) groups is 2. The molecule has 2 N–H and O–H groups in total. The van der Waals surface area contributed by atoms with Crippen LogP contribution in [0.4, 0.5) is 5.69 Å². The van der Waals surface area contributed by atoms with Crippen molar-refractivity contribution in [1.29, 1.82) is 0 Å². The molecule has 2 aromatic rings. The maximum absolute atomic E-state index is 12.5. The molecule has 25 heavy (non-hydrogen) atoms. The zero-order valence-electron chi connectivity index (χ0n) is 14.2. The Morgan fingerprint density at radius 2 is 2.20 bits per heavy atom. The highest BCUT2D eigenvalue weighted by Crippen LogP contribution is 2.34. The summed E-state index contributed by atoms with van der Waals surface area (Å²) in [5.74, 6) is 1.35. The van der Waals surface area contributed by atoms with Crippen molar-refractivity contribution in [3.8, 4) is 0 Å². The third-order valence-electron chi connectivity index (χ3n) is 5.00. The number of carbonyl (C=O) groups excluding carboxylic acids is 2. The molecule has 1 aromatic carbocycles. The lowest BCUT2D eigenvalue weighted by Gasteiger charge is -2.25. The summed E-state index contributed by atoms with van der Waals surface area (Å²) < 4.78 is 2.10. The van der Waals surface area contributed by atoms with Crippen LogP contribution in [0.15, 0.2) is 24.3 Å². The summed E-state index contributed by atoms with van der Waals surface area (Å²) in [5.41, 5.74) is 1.71. The van der Waals surface area contributed by atoms with Crippen molar-refractivity contribution in [3.05, 3.63) is 41.5 Å². The maximum Gasteiger partial charge on any atom is 0.232 e. The van der Waals surface area contributed by atoms with Gasteiger partial charge in [-0.1, -0.05) is 25.1 Å². The Bertz CT molecular complexity index is 815. The number of aryl methyl sites for hydroxylation is 2. The zero-order valence-corrected chi connectivity index (χ0v) is 14.2. The maximum atomic E-state index is 12.5. The molecule has 0 spiro atoms. The number of anilines is 1. The number of rotatable bonds is 4. The lowest BCUT2D eigenvalue weighted by Crippen LogP contribution is -2.42. The second-order valence-corrected chi connectivity index (χ2v) is 6.63. The van der Waals surface area contributed by atoms with Gasteiger partial charge in [0.1, 0.15) is 11.6 Å². The minimum atomic E-state index is -0.406. The molecular weight excluding hydrogens is 318 g/mol. The van der Waals surface area contributed by atoms with Gasteiger partial charge in [-0.25, -0.2) is 0 Å². The number of aromatic nitrogens is 3. The van der Waals surface area contributed by atoms with Crippen molar-refractivity contribution in [3.63, 3.8) is 0 Å². The zero-order chi connectivity index (χ0) is 17.4. The second kappa shape index (κ2) is 6.31. The highest BCUT2D eigenvalue weighted by Gasteiger charge is 2.32. The largest absolute Gasteiger partial charge is 0.352 e. The number of amides is 2. The van der Waals surface area contributed by atoms with Crippen LogP contribution in [0, 0.1) is 0 Å². The average Bonchev–Trinajstić information content (AvgIpc) is 3.15. The molecular formula is C18H21N5O2. The van der Waals surface area contributed by atoms with E-state index in [0.717, 1.165) is 42.2 Å². The first-order valence-corrected chi connectivity index (χ1v) is 8.75. The van der Waals surface area contributed by atoms with Gasteiger partial charge in [0.05, 0.1) is 5.92 Å². The summed E-state index contributed by atoms with van der Waals surface area (Å²) in [7, 11) is 0. The van der Waals surface area contributed by atoms with Crippen LogP contribution in [0.5, 0.6) is 0 Å². The second-order valence-electron chi connectivity index (χ2n) is 6.63. The van der Waals surface area contributed by atoms with Crippen LogP contribution < -0.4 is 10.6 Å². The minimum Gasteiger partial charge on any atom is -0.352 e. The molecule has 0 fully saturated rings. The van der Waals surface area contributed by atoms with Gasteiger partial charge in [-0.2, -0.15) is 0 Å². The number of hydrogen-bond acceptors (Lipinski definition) is 4. The molecule has 0 unspecified atom stereocenters. The predicted octanol–water partition coefficient (Wildman–Crippen LogP) is 1.40. The summed E-state index contributed by atoms with van der Waals surface area (Å²) >= 11 is 0. The molecule has 7 nitrogen and oxygen atoms in total. The van der Waals surface area contributed by atoms with Crippen LogP contribution in [-0.2, 0) is 29.0 Å². The summed E-state index contributed by atoms with van der Waals surface area (Å²) in [6.07, 6.45) is 2.66. The highest BCUT2D eigenvalue weighted by molar-refractivity contribution is 6.04. The Hall–Kier alpha value is -2.70. The topological polar surface area (TPSA) is 88.9 Å². The van der Waals surface area contributed by atoms with Gasteiger partial charge in [-0.3, -0.25) is 9.59 Å². The van der Waals surface area contributed by atoms with Crippen LogP contribution in [-0.4, -0.2) is 32.6 Å². The first-order chi connectivity index (χ1) is 12.2. The Balaban J connectivity index is 1.41. The third kappa shape index (κ3) is 2.90. The Morgan fingerprint density at radius 1 is 1.36 bits per heavy atom. The van der Waals surface area contributed by atoms with E-state index in [4.69, 9.17) is 0 Å². The molecule has 2 aliphatic heterocycles. The monoisotopic (exact) mass is 339 g/mol. The molecule has 0 saturated heterocycles. The fourth-order valence-electron chi connectivity index (χ4n) is 3.71. The molecule has 2 atom stereocenters. The standard InChI is InChI=1S/C18H21N5O2/c1-2-15-21-22-16-8-7-11(10-23(15)16)19-17(24)9-13-12-5-3-4-6-14(12)20-18(13)25/h3-6,11,13H,2,7-10H2,1H3,(H,19,24)(H,20,25)/t11-,13-/m0/s1. The fourth-order valence-corrected chi connectivity index (χ4v) is 3.71. The minimum absolute atomic E-state index is 0.0565. The van der Waals surface area contributed by atoms with Gasteiger partial charge >= 0.3 is 0 Å². The summed E-state index contributed by atoms with van der Waals surface area (Å²) in [6, 6.07) is 7.60. The first kappa shape index (κ1) is 15.8. The normalized spacial score (nSPS) is 21.4.